The van der Waals surface area contributed by atoms with Crippen LogP contribution in [0.25, 0.3) is 10.2 Å². The minimum absolute atomic E-state index is 0.625. The Morgan fingerprint density at radius 3 is 2.94 bits per heavy atom. The van der Waals surface area contributed by atoms with Crippen LogP contribution in [0.4, 0.5) is 5.82 Å². The summed E-state index contributed by atoms with van der Waals surface area (Å²) in [6, 6.07) is 1.99. The first-order chi connectivity index (χ1) is 8.83. The Balaban J connectivity index is 1.70. The van der Waals surface area contributed by atoms with Crippen LogP contribution in [0.3, 0.4) is 0 Å². The van der Waals surface area contributed by atoms with Crippen LogP contribution < -0.4 is 5.73 Å². The van der Waals surface area contributed by atoms with E-state index in [0.29, 0.717) is 5.82 Å². The van der Waals surface area contributed by atoms with Crippen LogP contribution in [0.15, 0.2) is 11.4 Å². The molecule has 0 bridgehead atoms. The lowest BCUT2D eigenvalue weighted by Gasteiger charge is -2.20. The van der Waals surface area contributed by atoms with E-state index in [-0.39, 0.29) is 0 Å². The standard InChI is InChI=1S/C13H17N3S2/c14-12-10-6-7-17-13(10)16-11(15-12)8-18-9-4-2-1-3-5-9/h6-7,9H,1-5,8H2,(H2,14,15,16). The van der Waals surface area contributed by atoms with Crippen molar-refractivity contribution in [3.63, 3.8) is 0 Å². The molecule has 1 aliphatic carbocycles. The summed E-state index contributed by atoms with van der Waals surface area (Å²) in [5, 5.41) is 3.81. The van der Waals surface area contributed by atoms with E-state index in [2.05, 4.69) is 9.97 Å². The van der Waals surface area contributed by atoms with Crippen molar-refractivity contribution in [3.8, 4) is 0 Å². The molecule has 18 heavy (non-hydrogen) atoms. The van der Waals surface area contributed by atoms with Gasteiger partial charge in [-0.3, -0.25) is 0 Å². The van der Waals surface area contributed by atoms with E-state index in [0.717, 1.165) is 27.0 Å². The predicted octanol–water partition coefficient (Wildman–Crippen LogP) is 3.84. The summed E-state index contributed by atoms with van der Waals surface area (Å²) in [6.45, 7) is 0. The monoisotopic (exact) mass is 279 g/mol. The third kappa shape index (κ3) is 2.62. The van der Waals surface area contributed by atoms with Gasteiger partial charge in [-0.25, -0.2) is 9.97 Å². The van der Waals surface area contributed by atoms with Crippen LogP contribution in [0.2, 0.25) is 0 Å². The summed E-state index contributed by atoms with van der Waals surface area (Å²) < 4.78 is 0. The van der Waals surface area contributed by atoms with Crippen LogP contribution in [-0.4, -0.2) is 15.2 Å². The maximum Gasteiger partial charge on any atom is 0.142 e. The molecule has 96 valence electrons. The lowest BCUT2D eigenvalue weighted by Crippen LogP contribution is -2.09. The second-order valence-corrected chi connectivity index (χ2v) is 6.92. The molecule has 1 aliphatic rings. The number of anilines is 1. The first-order valence-corrected chi connectivity index (χ1v) is 8.37. The molecule has 2 heterocycles. The number of rotatable bonds is 3. The maximum absolute atomic E-state index is 5.96. The molecular weight excluding hydrogens is 262 g/mol. The van der Waals surface area contributed by atoms with Gasteiger partial charge in [0.05, 0.1) is 11.1 Å². The van der Waals surface area contributed by atoms with Crippen molar-refractivity contribution >= 4 is 39.1 Å². The van der Waals surface area contributed by atoms with Crippen LogP contribution in [0.1, 0.15) is 37.9 Å². The smallest absolute Gasteiger partial charge is 0.142 e. The summed E-state index contributed by atoms with van der Waals surface area (Å²) in [6.07, 6.45) is 6.86. The van der Waals surface area contributed by atoms with Gasteiger partial charge in [-0.2, -0.15) is 11.8 Å². The summed E-state index contributed by atoms with van der Waals surface area (Å²) in [5.74, 6) is 2.40. The summed E-state index contributed by atoms with van der Waals surface area (Å²) >= 11 is 3.63. The number of thiophene rings is 1. The van der Waals surface area contributed by atoms with Crippen molar-refractivity contribution < 1.29 is 0 Å². The van der Waals surface area contributed by atoms with E-state index in [9.17, 15) is 0 Å². The third-order valence-corrected chi connectivity index (χ3v) is 5.58. The minimum Gasteiger partial charge on any atom is -0.383 e. The van der Waals surface area contributed by atoms with Gasteiger partial charge in [-0.15, -0.1) is 11.3 Å². The Bertz CT molecular complexity index is 532. The quantitative estimate of drug-likeness (QED) is 0.927. The molecular formula is C13H17N3S2. The summed E-state index contributed by atoms with van der Waals surface area (Å²) in [7, 11) is 0. The van der Waals surface area contributed by atoms with E-state index in [1.165, 1.54) is 32.1 Å². The molecule has 5 heteroatoms. The van der Waals surface area contributed by atoms with Gasteiger partial charge >= 0.3 is 0 Å². The molecule has 0 unspecified atom stereocenters. The van der Waals surface area contributed by atoms with Crippen molar-refractivity contribution in [1.82, 2.24) is 9.97 Å². The Kier molecular flexibility index (Phi) is 3.70. The fourth-order valence-corrected chi connectivity index (χ4v) is 4.38. The van der Waals surface area contributed by atoms with Gasteiger partial charge in [-0.05, 0) is 24.3 Å². The highest BCUT2D eigenvalue weighted by molar-refractivity contribution is 7.99. The average Bonchev–Trinajstić information content (AvgIpc) is 2.86. The van der Waals surface area contributed by atoms with E-state index in [4.69, 9.17) is 5.73 Å². The molecule has 3 rings (SSSR count). The molecule has 0 radical (unpaired) electrons. The zero-order valence-corrected chi connectivity index (χ0v) is 11.9. The number of nitrogens with zero attached hydrogens (tertiary/aromatic N) is 2. The van der Waals surface area contributed by atoms with Crippen molar-refractivity contribution in [2.24, 2.45) is 0 Å². The third-order valence-electron chi connectivity index (χ3n) is 3.40. The van der Waals surface area contributed by atoms with E-state index >= 15 is 0 Å². The van der Waals surface area contributed by atoms with E-state index < -0.39 is 0 Å². The lowest BCUT2D eigenvalue weighted by molar-refractivity contribution is 0.516. The molecule has 3 nitrogen and oxygen atoms in total. The normalized spacial score (nSPS) is 17.3. The van der Waals surface area contributed by atoms with Crippen LogP contribution in [-0.2, 0) is 5.75 Å². The number of aromatic nitrogens is 2. The van der Waals surface area contributed by atoms with E-state index in [1.807, 2.05) is 23.2 Å². The average molecular weight is 279 g/mol. The van der Waals surface area contributed by atoms with Crippen molar-refractivity contribution in [3.05, 3.63) is 17.3 Å². The number of nitrogens with two attached hydrogens (primary N) is 1. The highest BCUT2D eigenvalue weighted by Crippen LogP contribution is 2.31. The number of fused-ring (bicyclic) bond motifs is 1. The Morgan fingerprint density at radius 2 is 2.11 bits per heavy atom. The molecule has 0 spiro atoms. The maximum atomic E-state index is 5.96. The summed E-state index contributed by atoms with van der Waals surface area (Å²) in [5.41, 5.74) is 5.96. The number of hydrogen-bond acceptors (Lipinski definition) is 5. The lowest BCUT2D eigenvalue weighted by atomic mass is 10.0. The number of thioether (sulfide) groups is 1. The van der Waals surface area contributed by atoms with Gasteiger partial charge in [0.1, 0.15) is 16.5 Å². The molecule has 0 amide bonds. The van der Waals surface area contributed by atoms with Crippen molar-refractivity contribution in [2.75, 3.05) is 5.73 Å². The minimum atomic E-state index is 0.625. The van der Waals surface area contributed by atoms with Gasteiger partial charge in [0.15, 0.2) is 0 Å². The topological polar surface area (TPSA) is 51.8 Å². The van der Waals surface area contributed by atoms with Gasteiger partial charge in [0, 0.05) is 5.25 Å². The molecule has 1 saturated carbocycles. The van der Waals surface area contributed by atoms with Gasteiger partial charge in [-0.1, -0.05) is 19.3 Å². The number of hydrogen-bond donors (Lipinski definition) is 1. The Morgan fingerprint density at radius 1 is 1.28 bits per heavy atom. The largest absolute Gasteiger partial charge is 0.383 e. The predicted molar refractivity (Wildman–Crippen MR) is 80.0 cm³/mol. The second kappa shape index (κ2) is 5.45. The van der Waals surface area contributed by atoms with Gasteiger partial charge in [0.25, 0.3) is 0 Å². The fourth-order valence-electron chi connectivity index (χ4n) is 2.41. The number of nitrogen functional groups attached to an aromatic ring is 1. The highest BCUT2D eigenvalue weighted by Gasteiger charge is 2.15. The van der Waals surface area contributed by atoms with Crippen molar-refractivity contribution in [1.29, 1.82) is 0 Å². The second-order valence-electron chi connectivity index (χ2n) is 4.74. The van der Waals surface area contributed by atoms with E-state index in [1.54, 1.807) is 11.3 Å². The Labute approximate surface area is 115 Å². The zero-order chi connectivity index (χ0) is 12.4. The molecule has 0 aromatic carbocycles. The molecule has 0 aliphatic heterocycles. The summed E-state index contributed by atoms with van der Waals surface area (Å²) in [4.78, 5) is 10.0. The van der Waals surface area contributed by atoms with Gasteiger partial charge in [0.2, 0.25) is 0 Å². The first-order valence-electron chi connectivity index (χ1n) is 6.44. The molecule has 1 fully saturated rings. The SMILES string of the molecule is Nc1nc(CSC2CCCCC2)nc2sccc12. The van der Waals surface area contributed by atoms with Crippen molar-refractivity contribution in [2.45, 2.75) is 43.1 Å². The van der Waals surface area contributed by atoms with Crippen LogP contribution in [0, 0.1) is 0 Å². The van der Waals surface area contributed by atoms with Gasteiger partial charge < -0.3 is 5.73 Å². The highest BCUT2D eigenvalue weighted by atomic mass is 32.2. The molecule has 0 atom stereocenters. The first kappa shape index (κ1) is 12.2. The fraction of sp³-hybridized carbons (Fsp3) is 0.538. The molecule has 0 saturated heterocycles. The van der Waals surface area contributed by atoms with Crippen LogP contribution >= 0.6 is 23.1 Å². The molecule has 2 N–H and O–H groups in total. The molecule has 2 aromatic heterocycles. The Hall–Kier alpha value is -0.810. The zero-order valence-electron chi connectivity index (χ0n) is 10.3. The molecule has 2 aromatic rings. The van der Waals surface area contributed by atoms with Crippen LogP contribution in [0.5, 0.6) is 0 Å².